The zero-order chi connectivity index (χ0) is 37.0. The molecule has 11 aromatic rings. The van der Waals surface area contributed by atoms with Gasteiger partial charge in [0.15, 0.2) is 0 Å². The number of anilines is 3. The third-order valence-corrected chi connectivity index (χ3v) is 11.2. The van der Waals surface area contributed by atoms with E-state index >= 15 is 0 Å². The Hall–Kier alpha value is -7.42. The second-order valence-corrected chi connectivity index (χ2v) is 14.5. The lowest BCUT2D eigenvalue weighted by Crippen LogP contribution is -2.11. The fourth-order valence-electron chi connectivity index (χ4n) is 8.53. The van der Waals surface area contributed by atoms with Crippen LogP contribution >= 0.6 is 0 Å². The summed E-state index contributed by atoms with van der Waals surface area (Å²) in [6, 6.07) is 76.4. The van der Waals surface area contributed by atoms with Crippen LogP contribution in [0, 0.1) is 0 Å². The first-order valence-corrected chi connectivity index (χ1v) is 19.2. The fraction of sp³-hybridized carbons (Fsp3) is 0. The molecule has 0 saturated carbocycles. The number of nitrogens with zero attached hydrogens (tertiary/aromatic N) is 1. The van der Waals surface area contributed by atoms with Gasteiger partial charge in [-0.25, -0.2) is 0 Å². The van der Waals surface area contributed by atoms with Crippen molar-refractivity contribution in [1.29, 1.82) is 0 Å². The summed E-state index contributed by atoms with van der Waals surface area (Å²) >= 11 is 0. The predicted octanol–water partition coefficient (Wildman–Crippen LogP) is 15.5. The lowest BCUT2D eigenvalue weighted by atomic mass is 9.94. The van der Waals surface area contributed by atoms with Crippen molar-refractivity contribution >= 4 is 71.3 Å². The van der Waals surface area contributed by atoms with Gasteiger partial charge in [0, 0.05) is 33.3 Å². The highest BCUT2D eigenvalue weighted by atomic mass is 16.3. The van der Waals surface area contributed by atoms with Crippen LogP contribution in [0.15, 0.2) is 217 Å². The number of hydrogen-bond donors (Lipinski definition) is 0. The summed E-state index contributed by atoms with van der Waals surface area (Å²) in [6.07, 6.45) is 0. The Bertz CT molecular complexity index is 3230. The van der Waals surface area contributed by atoms with Crippen molar-refractivity contribution in [3.05, 3.63) is 212 Å². The molecule has 0 aliphatic carbocycles. The standard InChI is InChI=1S/C54H35NO/c1-2-12-36(13-3-1)37-24-29-43(30-25-37)55(44-31-26-38(27-32-44)40-28-33-46-42(34-40)23-22-39-14-4-6-16-45(39)46)51-20-10-8-18-48(51)50-35-41-15-5-7-17-47(41)53-49-19-9-11-21-52(49)56-54(50)53/h1-35H. The predicted molar refractivity (Wildman–Crippen MR) is 237 cm³/mol. The van der Waals surface area contributed by atoms with E-state index in [-0.39, 0.29) is 0 Å². The minimum absolute atomic E-state index is 0.892. The highest BCUT2D eigenvalue weighted by Gasteiger charge is 2.22. The molecule has 0 saturated heterocycles. The molecule has 0 radical (unpaired) electrons. The van der Waals surface area contributed by atoms with Gasteiger partial charge in [-0.2, -0.15) is 0 Å². The molecule has 11 rings (SSSR count). The van der Waals surface area contributed by atoms with E-state index in [1.807, 2.05) is 6.07 Å². The van der Waals surface area contributed by atoms with Crippen LogP contribution < -0.4 is 4.90 Å². The number of para-hydroxylation sites is 2. The topological polar surface area (TPSA) is 16.4 Å². The maximum atomic E-state index is 6.76. The molecule has 1 aromatic heterocycles. The molecule has 0 aliphatic rings. The van der Waals surface area contributed by atoms with Gasteiger partial charge in [0.25, 0.3) is 0 Å². The summed E-state index contributed by atoms with van der Waals surface area (Å²) in [6.45, 7) is 0. The number of hydrogen-bond acceptors (Lipinski definition) is 2. The first kappa shape index (κ1) is 32.0. The van der Waals surface area contributed by atoms with E-state index in [0.717, 1.165) is 50.1 Å². The summed E-state index contributed by atoms with van der Waals surface area (Å²) < 4.78 is 6.76. The lowest BCUT2D eigenvalue weighted by molar-refractivity contribution is 0.670. The first-order valence-electron chi connectivity index (χ1n) is 19.2. The van der Waals surface area contributed by atoms with Crippen LogP contribution in [-0.2, 0) is 0 Å². The van der Waals surface area contributed by atoms with Crippen molar-refractivity contribution in [3.8, 4) is 33.4 Å². The van der Waals surface area contributed by atoms with E-state index in [1.54, 1.807) is 0 Å². The van der Waals surface area contributed by atoms with Gasteiger partial charge in [0.1, 0.15) is 11.2 Å². The van der Waals surface area contributed by atoms with Crippen molar-refractivity contribution < 1.29 is 4.42 Å². The van der Waals surface area contributed by atoms with Crippen LogP contribution in [0.3, 0.4) is 0 Å². The molecule has 0 aliphatic heterocycles. The monoisotopic (exact) mass is 713 g/mol. The highest BCUT2D eigenvalue weighted by Crippen LogP contribution is 2.47. The van der Waals surface area contributed by atoms with E-state index in [9.17, 15) is 0 Å². The van der Waals surface area contributed by atoms with Crippen LogP contribution in [0.5, 0.6) is 0 Å². The molecule has 0 amide bonds. The van der Waals surface area contributed by atoms with Gasteiger partial charge >= 0.3 is 0 Å². The van der Waals surface area contributed by atoms with Crippen molar-refractivity contribution in [2.24, 2.45) is 0 Å². The number of rotatable bonds is 6. The minimum atomic E-state index is 0.892. The van der Waals surface area contributed by atoms with Gasteiger partial charge in [-0.05, 0) is 103 Å². The summed E-state index contributed by atoms with van der Waals surface area (Å²) in [5.74, 6) is 0. The van der Waals surface area contributed by atoms with Gasteiger partial charge in [0.2, 0.25) is 0 Å². The van der Waals surface area contributed by atoms with Crippen molar-refractivity contribution in [2.75, 3.05) is 4.90 Å². The molecule has 2 heteroatoms. The first-order chi connectivity index (χ1) is 27.8. The summed E-state index contributed by atoms with van der Waals surface area (Å²) in [7, 11) is 0. The van der Waals surface area contributed by atoms with Crippen LogP contribution in [0.1, 0.15) is 0 Å². The SMILES string of the molecule is c1ccc(-c2ccc(N(c3ccc(-c4ccc5c(ccc6ccccc65)c4)cc3)c3ccccc3-c3cc4ccccc4c4c3oc3ccccc34)cc2)cc1. The van der Waals surface area contributed by atoms with Crippen LogP contribution in [0.4, 0.5) is 17.1 Å². The molecule has 56 heavy (non-hydrogen) atoms. The van der Waals surface area contributed by atoms with Gasteiger partial charge in [-0.15, -0.1) is 0 Å². The number of benzene rings is 10. The average molecular weight is 714 g/mol. The van der Waals surface area contributed by atoms with Crippen molar-refractivity contribution in [2.45, 2.75) is 0 Å². The Labute approximate surface area is 325 Å². The summed E-state index contributed by atoms with van der Waals surface area (Å²) in [5, 5.41) is 9.72. The van der Waals surface area contributed by atoms with Gasteiger partial charge in [-0.3, -0.25) is 0 Å². The van der Waals surface area contributed by atoms with Crippen LogP contribution in [0.2, 0.25) is 0 Å². The molecule has 1 heterocycles. The van der Waals surface area contributed by atoms with Gasteiger partial charge < -0.3 is 9.32 Å². The number of furan rings is 1. The minimum Gasteiger partial charge on any atom is -0.455 e. The highest BCUT2D eigenvalue weighted by molar-refractivity contribution is 6.23. The van der Waals surface area contributed by atoms with Crippen molar-refractivity contribution in [1.82, 2.24) is 0 Å². The van der Waals surface area contributed by atoms with E-state index in [4.69, 9.17) is 4.42 Å². The maximum Gasteiger partial charge on any atom is 0.143 e. The molecule has 0 fully saturated rings. The lowest BCUT2D eigenvalue weighted by Gasteiger charge is -2.28. The maximum absolute atomic E-state index is 6.76. The Morgan fingerprint density at radius 3 is 1.64 bits per heavy atom. The fourth-order valence-corrected chi connectivity index (χ4v) is 8.53. The van der Waals surface area contributed by atoms with E-state index < -0.39 is 0 Å². The average Bonchev–Trinajstić information content (AvgIpc) is 3.67. The van der Waals surface area contributed by atoms with Gasteiger partial charge in [-0.1, -0.05) is 164 Å². The Balaban J connectivity index is 1.08. The van der Waals surface area contributed by atoms with Crippen LogP contribution in [0.25, 0.3) is 87.6 Å². The molecule has 0 unspecified atom stereocenters. The molecule has 0 N–H and O–H groups in total. The zero-order valence-electron chi connectivity index (χ0n) is 30.6. The molecule has 0 atom stereocenters. The molecular weight excluding hydrogens is 679 g/mol. The Morgan fingerprint density at radius 1 is 0.321 bits per heavy atom. The largest absolute Gasteiger partial charge is 0.455 e. The van der Waals surface area contributed by atoms with E-state index in [1.165, 1.54) is 54.6 Å². The summed E-state index contributed by atoms with van der Waals surface area (Å²) in [5.41, 5.74) is 11.9. The van der Waals surface area contributed by atoms with E-state index in [2.05, 4.69) is 211 Å². The smallest absolute Gasteiger partial charge is 0.143 e. The molecule has 10 aromatic carbocycles. The third-order valence-electron chi connectivity index (χ3n) is 11.2. The molecule has 0 bridgehead atoms. The third kappa shape index (κ3) is 5.34. The summed E-state index contributed by atoms with van der Waals surface area (Å²) in [4.78, 5) is 2.38. The number of fused-ring (bicyclic) bond motifs is 8. The quantitative estimate of drug-likeness (QED) is 0.160. The zero-order valence-corrected chi connectivity index (χ0v) is 30.6. The Kier molecular flexibility index (Phi) is 7.53. The molecule has 2 nitrogen and oxygen atoms in total. The second-order valence-electron chi connectivity index (χ2n) is 14.5. The molecular formula is C54H35NO. The normalized spacial score (nSPS) is 11.6. The van der Waals surface area contributed by atoms with Gasteiger partial charge in [0.05, 0.1) is 5.69 Å². The van der Waals surface area contributed by atoms with Crippen LogP contribution in [-0.4, -0.2) is 0 Å². The second kappa shape index (κ2) is 13.2. The Morgan fingerprint density at radius 2 is 0.857 bits per heavy atom. The molecule has 262 valence electrons. The van der Waals surface area contributed by atoms with Crippen molar-refractivity contribution in [3.63, 3.8) is 0 Å². The van der Waals surface area contributed by atoms with E-state index in [0.29, 0.717) is 0 Å². The molecule has 0 spiro atoms.